The molecule has 0 radical (unpaired) electrons. The standard InChI is InChI=1S/C13H17N3O4/c1-3-14-11(17)6-7-15-12(18)10-5-4-9(13(19)20)8(2)16-10/h4-5H,3,6-7H2,1-2H3,(H,14,17)(H,15,18)(H,19,20). The molecule has 0 bridgehead atoms. The van der Waals surface area contributed by atoms with Gasteiger partial charge in [0, 0.05) is 19.5 Å². The highest BCUT2D eigenvalue weighted by atomic mass is 16.4. The number of amides is 2. The fourth-order valence-electron chi connectivity index (χ4n) is 1.58. The van der Waals surface area contributed by atoms with E-state index in [-0.39, 0.29) is 35.8 Å². The number of aromatic nitrogens is 1. The van der Waals surface area contributed by atoms with Crippen LogP contribution in [0.3, 0.4) is 0 Å². The quantitative estimate of drug-likeness (QED) is 0.696. The minimum Gasteiger partial charge on any atom is -0.478 e. The SMILES string of the molecule is CCNC(=O)CCNC(=O)c1ccc(C(=O)O)c(C)n1. The normalized spacial score (nSPS) is 9.90. The van der Waals surface area contributed by atoms with Gasteiger partial charge < -0.3 is 15.7 Å². The zero-order valence-corrected chi connectivity index (χ0v) is 11.4. The molecule has 7 heteroatoms. The number of aryl methyl sites for hydroxylation is 1. The fraction of sp³-hybridized carbons (Fsp3) is 0.385. The number of nitrogens with one attached hydrogen (secondary N) is 2. The number of rotatable bonds is 6. The minimum absolute atomic E-state index is 0.0591. The Balaban J connectivity index is 2.58. The maximum absolute atomic E-state index is 11.8. The van der Waals surface area contributed by atoms with Crippen LogP contribution in [0.15, 0.2) is 12.1 Å². The summed E-state index contributed by atoms with van der Waals surface area (Å²) in [5.41, 5.74) is 0.459. The molecule has 108 valence electrons. The van der Waals surface area contributed by atoms with Gasteiger partial charge >= 0.3 is 5.97 Å². The van der Waals surface area contributed by atoms with Crippen LogP contribution >= 0.6 is 0 Å². The molecule has 0 fully saturated rings. The zero-order valence-electron chi connectivity index (χ0n) is 11.4. The molecule has 0 atom stereocenters. The van der Waals surface area contributed by atoms with Crippen molar-refractivity contribution < 1.29 is 19.5 Å². The summed E-state index contributed by atoms with van der Waals surface area (Å²) in [6.45, 7) is 4.08. The van der Waals surface area contributed by atoms with Crippen LogP contribution in [0, 0.1) is 6.92 Å². The lowest BCUT2D eigenvalue weighted by molar-refractivity contribution is -0.120. The van der Waals surface area contributed by atoms with Gasteiger partial charge in [0.1, 0.15) is 5.69 Å². The van der Waals surface area contributed by atoms with Crippen molar-refractivity contribution in [2.75, 3.05) is 13.1 Å². The van der Waals surface area contributed by atoms with Crippen molar-refractivity contribution in [1.82, 2.24) is 15.6 Å². The number of hydrogen-bond acceptors (Lipinski definition) is 4. The molecule has 1 aromatic heterocycles. The Kier molecular flexibility index (Phi) is 5.64. The highest BCUT2D eigenvalue weighted by molar-refractivity contribution is 5.94. The monoisotopic (exact) mass is 279 g/mol. The molecule has 0 aliphatic carbocycles. The fourth-order valence-corrected chi connectivity index (χ4v) is 1.58. The van der Waals surface area contributed by atoms with Crippen molar-refractivity contribution in [2.24, 2.45) is 0 Å². The Morgan fingerprint density at radius 1 is 1.25 bits per heavy atom. The summed E-state index contributed by atoms with van der Waals surface area (Å²) in [6, 6.07) is 2.68. The van der Waals surface area contributed by atoms with Crippen molar-refractivity contribution in [2.45, 2.75) is 20.3 Å². The Labute approximate surface area is 116 Å². The van der Waals surface area contributed by atoms with Crippen LogP contribution in [-0.4, -0.2) is 41.0 Å². The summed E-state index contributed by atoms with van der Waals surface area (Å²) in [5.74, 6) is -1.66. The second-order valence-corrected chi connectivity index (χ2v) is 4.09. The van der Waals surface area contributed by atoms with Crippen molar-refractivity contribution in [3.8, 4) is 0 Å². The van der Waals surface area contributed by atoms with Crippen LogP contribution in [0.2, 0.25) is 0 Å². The van der Waals surface area contributed by atoms with Crippen LogP contribution in [0.25, 0.3) is 0 Å². The van der Waals surface area contributed by atoms with Gasteiger partial charge in [-0.25, -0.2) is 9.78 Å². The number of carboxylic acids is 1. The third-order valence-corrected chi connectivity index (χ3v) is 2.56. The largest absolute Gasteiger partial charge is 0.478 e. The molecule has 0 spiro atoms. The van der Waals surface area contributed by atoms with Crippen molar-refractivity contribution >= 4 is 17.8 Å². The number of carbonyl (C=O) groups is 3. The molecule has 0 aliphatic heterocycles. The second kappa shape index (κ2) is 7.22. The van der Waals surface area contributed by atoms with E-state index < -0.39 is 11.9 Å². The summed E-state index contributed by atoms with van der Waals surface area (Å²) in [6.07, 6.45) is 0.186. The average molecular weight is 279 g/mol. The van der Waals surface area contributed by atoms with Gasteiger partial charge in [0.05, 0.1) is 11.3 Å². The third kappa shape index (κ3) is 4.34. The van der Waals surface area contributed by atoms with Gasteiger partial charge in [-0.3, -0.25) is 9.59 Å². The molecule has 7 nitrogen and oxygen atoms in total. The van der Waals surface area contributed by atoms with Crippen LogP contribution in [0.4, 0.5) is 0 Å². The molecule has 20 heavy (non-hydrogen) atoms. The van der Waals surface area contributed by atoms with Gasteiger partial charge in [-0.15, -0.1) is 0 Å². The first-order valence-corrected chi connectivity index (χ1v) is 6.21. The number of carboxylic acid groups (broad SMARTS) is 1. The van der Waals surface area contributed by atoms with Crippen LogP contribution in [0.5, 0.6) is 0 Å². The van der Waals surface area contributed by atoms with Crippen LogP contribution in [-0.2, 0) is 4.79 Å². The molecule has 3 N–H and O–H groups in total. The number of carbonyl (C=O) groups excluding carboxylic acids is 2. The number of aromatic carboxylic acids is 1. The molecule has 0 aromatic carbocycles. The van der Waals surface area contributed by atoms with E-state index in [9.17, 15) is 14.4 Å². The summed E-state index contributed by atoms with van der Waals surface area (Å²) in [5, 5.41) is 14.0. The van der Waals surface area contributed by atoms with E-state index in [1.54, 1.807) is 0 Å². The third-order valence-electron chi connectivity index (χ3n) is 2.56. The first kappa shape index (κ1) is 15.6. The number of hydrogen-bond donors (Lipinski definition) is 3. The topological polar surface area (TPSA) is 108 Å². The summed E-state index contributed by atoms with van der Waals surface area (Å²) in [7, 11) is 0. The zero-order chi connectivity index (χ0) is 15.1. The van der Waals surface area contributed by atoms with Crippen LogP contribution in [0.1, 0.15) is 39.9 Å². The van der Waals surface area contributed by atoms with E-state index >= 15 is 0 Å². The lowest BCUT2D eigenvalue weighted by Gasteiger charge is -2.06. The smallest absolute Gasteiger partial charge is 0.337 e. The first-order valence-electron chi connectivity index (χ1n) is 6.21. The van der Waals surface area contributed by atoms with E-state index in [0.29, 0.717) is 6.54 Å². The maximum Gasteiger partial charge on any atom is 0.337 e. The number of pyridine rings is 1. The van der Waals surface area contributed by atoms with Gasteiger partial charge in [0.15, 0.2) is 0 Å². The van der Waals surface area contributed by atoms with E-state index in [1.165, 1.54) is 19.1 Å². The Bertz CT molecular complexity index is 528. The molecule has 0 saturated heterocycles. The molecule has 1 aromatic rings. The van der Waals surface area contributed by atoms with E-state index in [0.717, 1.165) is 0 Å². The summed E-state index contributed by atoms with van der Waals surface area (Å²) < 4.78 is 0. The average Bonchev–Trinajstić information content (AvgIpc) is 2.38. The predicted molar refractivity (Wildman–Crippen MR) is 71.6 cm³/mol. The minimum atomic E-state index is -1.09. The van der Waals surface area contributed by atoms with Crippen molar-refractivity contribution in [1.29, 1.82) is 0 Å². The van der Waals surface area contributed by atoms with E-state index in [1.807, 2.05) is 6.92 Å². The van der Waals surface area contributed by atoms with Gasteiger partial charge in [0.2, 0.25) is 5.91 Å². The first-order chi connectivity index (χ1) is 9.45. The molecule has 1 rings (SSSR count). The Morgan fingerprint density at radius 3 is 2.50 bits per heavy atom. The highest BCUT2D eigenvalue weighted by Gasteiger charge is 2.13. The van der Waals surface area contributed by atoms with E-state index in [4.69, 9.17) is 5.11 Å². The maximum atomic E-state index is 11.8. The Hall–Kier alpha value is -2.44. The van der Waals surface area contributed by atoms with Crippen molar-refractivity contribution in [3.63, 3.8) is 0 Å². The molecule has 0 aliphatic rings. The van der Waals surface area contributed by atoms with Gasteiger partial charge in [-0.05, 0) is 26.0 Å². The highest BCUT2D eigenvalue weighted by Crippen LogP contribution is 2.06. The number of nitrogens with zero attached hydrogens (tertiary/aromatic N) is 1. The summed E-state index contributed by atoms with van der Waals surface area (Å²) >= 11 is 0. The molecule has 2 amide bonds. The van der Waals surface area contributed by atoms with E-state index in [2.05, 4.69) is 15.6 Å². The van der Waals surface area contributed by atoms with Gasteiger partial charge in [0.25, 0.3) is 5.91 Å². The molecule has 1 heterocycles. The molecular weight excluding hydrogens is 262 g/mol. The van der Waals surface area contributed by atoms with Crippen LogP contribution < -0.4 is 10.6 Å². The van der Waals surface area contributed by atoms with Gasteiger partial charge in [-0.1, -0.05) is 0 Å². The lowest BCUT2D eigenvalue weighted by Crippen LogP contribution is -2.31. The lowest BCUT2D eigenvalue weighted by atomic mass is 10.2. The molecular formula is C13H17N3O4. The Morgan fingerprint density at radius 2 is 1.95 bits per heavy atom. The molecule has 0 saturated carbocycles. The van der Waals surface area contributed by atoms with Gasteiger partial charge in [-0.2, -0.15) is 0 Å². The second-order valence-electron chi connectivity index (χ2n) is 4.09. The summed E-state index contributed by atoms with van der Waals surface area (Å²) in [4.78, 5) is 37.7. The molecule has 0 unspecified atom stereocenters. The van der Waals surface area contributed by atoms with Crippen molar-refractivity contribution in [3.05, 3.63) is 29.1 Å². The predicted octanol–water partition coefficient (Wildman–Crippen LogP) is 0.344.